The number of hydrogen-bond donors (Lipinski definition) is 0. The third kappa shape index (κ3) is 1.40. The van der Waals surface area contributed by atoms with Crippen molar-refractivity contribution in [1.29, 1.82) is 0 Å². The van der Waals surface area contributed by atoms with Crippen LogP contribution in [0.1, 0.15) is 40.2 Å². The zero-order valence-electron chi connectivity index (χ0n) is 13.4. The molecule has 0 aliphatic heterocycles. The van der Waals surface area contributed by atoms with Gasteiger partial charge in [-0.15, -0.1) is 0 Å². The zero-order chi connectivity index (χ0) is 15.4. The summed E-state index contributed by atoms with van der Waals surface area (Å²) >= 11 is 0. The number of fused-ring (bicyclic) bond motifs is 1. The van der Waals surface area contributed by atoms with Crippen LogP contribution in [0.15, 0.2) is 47.1 Å². The van der Waals surface area contributed by atoms with Crippen molar-refractivity contribution in [2.45, 2.75) is 34.6 Å². The first-order valence-corrected chi connectivity index (χ1v) is 7.56. The van der Waals surface area contributed by atoms with Crippen LogP contribution in [0, 0.1) is 10.8 Å². The van der Waals surface area contributed by atoms with Gasteiger partial charge in [0.05, 0.1) is 12.2 Å². The fraction of sp³-hybridized carbons (Fsp3) is 0.421. The van der Waals surface area contributed by atoms with Gasteiger partial charge in [-0.1, -0.05) is 55.3 Å². The highest BCUT2D eigenvalue weighted by atomic mass is 16.5. The Kier molecular flexibility index (Phi) is 2.91. The number of carbonyl (C=O) groups excluding carboxylic acids is 1. The van der Waals surface area contributed by atoms with Gasteiger partial charge in [-0.2, -0.15) is 0 Å². The van der Waals surface area contributed by atoms with Crippen molar-refractivity contribution in [3.05, 3.63) is 52.6 Å². The van der Waals surface area contributed by atoms with E-state index in [2.05, 4.69) is 39.8 Å². The highest BCUT2D eigenvalue weighted by molar-refractivity contribution is 6.09. The van der Waals surface area contributed by atoms with E-state index in [0.29, 0.717) is 6.61 Å². The SMILES string of the molecule is CCOC(=O)C1=C(c2ccccc2)C2(C)C(C)=C(C)C12C. The summed E-state index contributed by atoms with van der Waals surface area (Å²) in [6.45, 7) is 11.0. The molecular weight excluding hydrogens is 260 g/mol. The van der Waals surface area contributed by atoms with Gasteiger partial charge in [0.1, 0.15) is 0 Å². The molecule has 110 valence electrons. The van der Waals surface area contributed by atoms with Gasteiger partial charge >= 0.3 is 5.97 Å². The molecule has 3 rings (SSSR count). The molecule has 2 aliphatic rings. The van der Waals surface area contributed by atoms with Gasteiger partial charge in [0, 0.05) is 10.8 Å². The number of allylic oxidation sites excluding steroid dienone is 3. The van der Waals surface area contributed by atoms with Crippen molar-refractivity contribution in [3.63, 3.8) is 0 Å². The van der Waals surface area contributed by atoms with Gasteiger partial charge in [-0.25, -0.2) is 4.79 Å². The van der Waals surface area contributed by atoms with Crippen LogP contribution in [0.5, 0.6) is 0 Å². The van der Waals surface area contributed by atoms with E-state index in [4.69, 9.17) is 4.74 Å². The largest absolute Gasteiger partial charge is 0.463 e. The van der Waals surface area contributed by atoms with E-state index >= 15 is 0 Å². The number of benzene rings is 1. The third-order valence-electron chi connectivity index (χ3n) is 5.85. The van der Waals surface area contributed by atoms with E-state index in [1.54, 1.807) is 0 Å². The molecule has 1 aromatic carbocycles. The van der Waals surface area contributed by atoms with Crippen LogP contribution in [0.25, 0.3) is 5.57 Å². The molecule has 0 radical (unpaired) electrons. The molecule has 2 nitrogen and oxygen atoms in total. The van der Waals surface area contributed by atoms with E-state index in [0.717, 1.165) is 16.7 Å². The minimum atomic E-state index is -0.172. The average molecular weight is 282 g/mol. The molecule has 0 bridgehead atoms. The van der Waals surface area contributed by atoms with Gasteiger partial charge in [0.25, 0.3) is 0 Å². The molecule has 0 amide bonds. The predicted octanol–water partition coefficient (Wildman–Crippen LogP) is 4.38. The first-order valence-electron chi connectivity index (χ1n) is 7.56. The quantitative estimate of drug-likeness (QED) is 0.607. The minimum absolute atomic E-state index is 0.0411. The Hall–Kier alpha value is -1.83. The lowest BCUT2D eigenvalue weighted by Gasteiger charge is -2.67. The number of esters is 1. The molecule has 2 unspecified atom stereocenters. The standard InChI is InChI=1S/C19H22O2/c1-6-21-17(20)16-15(14-10-8-7-9-11-14)18(4)12(2)13(3)19(16,18)5/h7-11H,6H2,1-5H3. The molecule has 0 saturated heterocycles. The average Bonchev–Trinajstić information content (AvgIpc) is 2.50. The third-order valence-corrected chi connectivity index (χ3v) is 5.85. The maximum absolute atomic E-state index is 12.5. The summed E-state index contributed by atoms with van der Waals surface area (Å²) in [5.74, 6) is -0.164. The van der Waals surface area contributed by atoms with Crippen molar-refractivity contribution in [2.75, 3.05) is 6.61 Å². The van der Waals surface area contributed by atoms with E-state index in [9.17, 15) is 4.79 Å². The lowest BCUT2D eigenvalue weighted by molar-refractivity contribution is -0.141. The van der Waals surface area contributed by atoms with Gasteiger partial charge in [-0.3, -0.25) is 0 Å². The van der Waals surface area contributed by atoms with Gasteiger partial charge in [-0.05, 0) is 31.9 Å². The van der Waals surface area contributed by atoms with Crippen LogP contribution >= 0.6 is 0 Å². The number of hydrogen-bond acceptors (Lipinski definition) is 2. The summed E-state index contributed by atoms with van der Waals surface area (Å²) in [6, 6.07) is 10.2. The lowest BCUT2D eigenvalue weighted by atomic mass is 9.35. The Morgan fingerprint density at radius 1 is 1.05 bits per heavy atom. The summed E-state index contributed by atoms with van der Waals surface area (Å²) in [6.07, 6.45) is 0. The Morgan fingerprint density at radius 2 is 1.62 bits per heavy atom. The molecule has 2 atom stereocenters. The van der Waals surface area contributed by atoms with Crippen LogP contribution in [0.4, 0.5) is 0 Å². The number of rotatable bonds is 3. The molecular formula is C19H22O2. The van der Waals surface area contributed by atoms with E-state index in [1.165, 1.54) is 11.1 Å². The molecule has 0 saturated carbocycles. The molecule has 0 N–H and O–H groups in total. The maximum atomic E-state index is 12.5. The maximum Gasteiger partial charge on any atom is 0.335 e. The van der Waals surface area contributed by atoms with Crippen LogP contribution in [-0.2, 0) is 9.53 Å². The summed E-state index contributed by atoms with van der Waals surface area (Å²) in [7, 11) is 0. The zero-order valence-corrected chi connectivity index (χ0v) is 13.4. The molecule has 2 aliphatic carbocycles. The summed E-state index contributed by atoms with van der Waals surface area (Å²) in [5.41, 5.74) is 5.61. The Balaban J connectivity index is 2.20. The monoisotopic (exact) mass is 282 g/mol. The van der Waals surface area contributed by atoms with Gasteiger partial charge in [0.15, 0.2) is 0 Å². The Labute approximate surface area is 126 Å². The van der Waals surface area contributed by atoms with Crippen LogP contribution < -0.4 is 0 Å². The second-order valence-electron chi connectivity index (χ2n) is 6.34. The van der Waals surface area contributed by atoms with Crippen molar-refractivity contribution >= 4 is 11.5 Å². The van der Waals surface area contributed by atoms with Gasteiger partial charge in [0.2, 0.25) is 0 Å². The molecule has 0 aromatic heterocycles. The van der Waals surface area contributed by atoms with Crippen molar-refractivity contribution in [2.24, 2.45) is 10.8 Å². The van der Waals surface area contributed by atoms with Crippen molar-refractivity contribution in [3.8, 4) is 0 Å². The molecule has 2 heteroatoms. The number of carbonyl (C=O) groups is 1. The smallest absolute Gasteiger partial charge is 0.335 e. The Bertz CT molecular complexity index is 681. The van der Waals surface area contributed by atoms with Crippen molar-refractivity contribution in [1.82, 2.24) is 0 Å². The minimum Gasteiger partial charge on any atom is -0.463 e. The van der Waals surface area contributed by atoms with Crippen LogP contribution in [0.3, 0.4) is 0 Å². The first-order chi connectivity index (χ1) is 9.90. The van der Waals surface area contributed by atoms with Gasteiger partial charge < -0.3 is 4.74 Å². The summed E-state index contributed by atoms with van der Waals surface area (Å²) in [5, 5.41) is 0. The Morgan fingerprint density at radius 3 is 2.19 bits per heavy atom. The van der Waals surface area contributed by atoms with E-state index in [-0.39, 0.29) is 16.8 Å². The second-order valence-corrected chi connectivity index (χ2v) is 6.34. The molecule has 0 spiro atoms. The number of ether oxygens (including phenoxy) is 1. The fourth-order valence-corrected chi connectivity index (χ4v) is 4.30. The molecule has 0 heterocycles. The van der Waals surface area contributed by atoms with E-state index in [1.807, 2.05) is 25.1 Å². The topological polar surface area (TPSA) is 26.3 Å². The highest BCUT2D eigenvalue weighted by Gasteiger charge is 2.69. The molecule has 0 fully saturated rings. The highest BCUT2D eigenvalue weighted by Crippen LogP contribution is 2.77. The molecule has 21 heavy (non-hydrogen) atoms. The lowest BCUT2D eigenvalue weighted by Crippen LogP contribution is -2.60. The van der Waals surface area contributed by atoms with Crippen LogP contribution in [0.2, 0.25) is 0 Å². The second kappa shape index (κ2) is 4.33. The predicted molar refractivity (Wildman–Crippen MR) is 84.6 cm³/mol. The van der Waals surface area contributed by atoms with E-state index < -0.39 is 0 Å². The fourth-order valence-electron chi connectivity index (χ4n) is 4.30. The normalized spacial score (nSPS) is 30.5. The summed E-state index contributed by atoms with van der Waals surface area (Å²) in [4.78, 5) is 12.5. The first kappa shape index (κ1) is 14.1. The molecule has 1 aromatic rings. The van der Waals surface area contributed by atoms with Crippen LogP contribution in [-0.4, -0.2) is 12.6 Å². The van der Waals surface area contributed by atoms with Crippen molar-refractivity contribution < 1.29 is 9.53 Å². The summed E-state index contributed by atoms with van der Waals surface area (Å²) < 4.78 is 5.32.